The first-order valence-corrected chi connectivity index (χ1v) is 12.7. The molecule has 40 heavy (non-hydrogen) atoms. The summed E-state index contributed by atoms with van der Waals surface area (Å²) in [5, 5.41) is 17.4. The maximum Gasteiger partial charge on any atom is 0.276 e. The second-order valence-electron chi connectivity index (χ2n) is 8.62. The first kappa shape index (κ1) is 26.5. The van der Waals surface area contributed by atoms with Gasteiger partial charge in [0.1, 0.15) is 10.7 Å². The number of nitrogens with two attached hydrogens (primary N) is 1. The van der Waals surface area contributed by atoms with Crippen molar-refractivity contribution in [3.05, 3.63) is 53.3 Å². The van der Waals surface area contributed by atoms with Gasteiger partial charge >= 0.3 is 0 Å². The maximum absolute atomic E-state index is 12.5. The predicted octanol–water partition coefficient (Wildman–Crippen LogP) is 4.80. The average Bonchev–Trinajstić information content (AvgIpc) is 3.69. The van der Waals surface area contributed by atoms with Crippen LogP contribution in [0, 0.1) is 13.8 Å². The summed E-state index contributed by atoms with van der Waals surface area (Å²) in [5.41, 5.74) is 10.1. The molecule has 0 saturated carbocycles. The van der Waals surface area contributed by atoms with Gasteiger partial charge in [-0.15, -0.1) is 0 Å². The lowest BCUT2D eigenvalue weighted by molar-refractivity contribution is 0.102. The van der Waals surface area contributed by atoms with E-state index in [0.29, 0.717) is 50.0 Å². The number of rotatable bonds is 9. The fraction of sp³-hybridized carbons (Fsp3) is 0.192. The smallest absolute Gasteiger partial charge is 0.276 e. The molecule has 1 amide bonds. The number of methoxy groups -OCH3 is 3. The number of hydrogen-bond donors (Lipinski definition) is 4. The van der Waals surface area contributed by atoms with Gasteiger partial charge in [0.15, 0.2) is 22.3 Å². The molecule has 14 heteroatoms. The minimum atomic E-state index is -0.336. The van der Waals surface area contributed by atoms with Crippen molar-refractivity contribution in [3.63, 3.8) is 0 Å². The monoisotopic (exact) mass is 562 g/mol. The van der Waals surface area contributed by atoms with Crippen LogP contribution in [0.25, 0.3) is 22.2 Å². The summed E-state index contributed by atoms with van der Waals surface area (Å²) in [6, 6.07) is 10.6. The van der Waals surface area contributed by atoms with E-state index in [1.807, 2.05) is 19.9 Å². The highest BCUT2D eigenvalue weighted by molar-refractivity contribution is 7.19. The van der Waals surface area contributed by atoms with Gasteiger partial charge in [0.05, 0.1) is 21.3 Å². The third-order valence-corrected chi connectivity index (χ3v) is 6.84. The zero-order valence-electron chi connectivity index (χ0n) is 22.3. The number of benzene rings is 2. The van der Waals surface area contributed by atoms with Gasteiger partial charge in [0, 0.05) is 34.8 Å². The van der Waals surface area contributed by atoms with Gasteiger partial charge in [0.25, 0.3) is 11.8 Å². The number of thiazole rings is 1. The van der Waals surface area contributed by atoms with Gasteiger partial charge < -0.3 is 35.1 Å². The number of nitrogens with one attached hydrogen (secondary N) is 3. The van der Waals surface area contributed by atoms with Crippen LogP contribution in [0.4, 0.5) is 22.3 Å². The van der Waals surface area contributed by atoms with Gasteiger partial charge in [-0.25, -0.2) is 4.98 Å². The van der Waals surface area contributed by atoms with Gasteiger partial charge in [-0.1, -0.05) is 22.6 Å². The highest BCUT2D eigenvalue weighted by Crippen LogP contribution is 2.42. The highest BCUT2D eigenvalue weighted by Gasteiger charge is 2.21. The normalized spacial score (nSPS) is 10.8. The zero-order valence-corrected chi connectivity index (χ0v) is 23.1. The number of carbonyl (C=O) groups excluding carboxylic acids is 1. The third-order valence-electron chi connectivity index (χ3n) is 5.86. The first-order chi connectivity index (χ1) is 19.3. The van der Waals surface area contributed by atoms with Crippen molar-refractivity contribution in [3.8, 4) is 39.4 Å². The Kier molecular flexibility index (Phi) is 7.25. The maximum atomic E-state index is 12.5. The minimum Gasteiger partial charge on any atom is -0.493 e. The number of H-pyrrole nitrogens is 1. The van der Waals surface area contributed by atoms with Crippen LogP contribution < -0.4 is 30.6 Å². The molecule has 0 aliphatic rings. The number of anilines is 4. The number of aromatic amines is 1. The predicted molar refractivity (Wildman–Crippen MR) is 151 cm³/mol. The van der Waals surface area contributed by atoms with Crippen molar-refractivity contribution in [1.29, 1.82) is 0 Å². The number of aryl methyl sites for hydroxylation is 2. The third kappa shape index (κ3) is 5.24. The minimum absolute atomic E-state index is 0.212. The van der Waals surface area contributed by atoms with Crippen LogP contribution in [0.1, 0.15) is 21.7 Å². The van der Waals surface area contributed by atoms with Crippen molar-refractivity contribution in [1.82, 2.24) is 25.3 Å². The van der Waals surface area contributed by atoms with E-state index in [4.69, 9.17) is 24.5 Å². The Balaban J connectivity index is 1.38. The van der Waals surface area contributed by atoms with Crippen LogP contribution in [0.2, 0.25) is 0 Å². The lowest BCUT2D eigenvalue weighted by Crippen LogP contribution is -2.12. The zero-order chi connectivity index (χ0) is 28.4. The molecule has 13 nitrogen and oxygen atoms in total. The standard InChI is InChI=1S/C26H26N8O5S/c1-12-6-7-14(28-24(35)17-8-13(2)32-33-17)9-16(12)23-31-25(39-34-23)21-22(27)30-26(40-21)29-15-10-18(36-3)20(38-5)19(11-15)37-4/h6-11H,27H2,1-5H3,(H,28,35)(H,29,30)(H,32,33). The molecule has 3 heterocycles. The largest absolute Gasteiger partial charge is 0.493 e. The molecule has 0 radical (unpaired) electrons. The number of ether oxygens (including phenoxy) is 3. The van der Waals surface area contributed by atoms with Crippen LogP contribution in [-0.4, -0.2) is 52.6 Å². The van der Waals surface area contributed by atoms with E-state index in [1.165, 1.54) is 18.4 Å². The topological polar surface area (TPSA) is 175 Å². The quantitative estimate of drug-likeness (QED) is 0.194. The number of aromatic nitrogens is 5. The lowest BCUT2D eigenvalue weighted by Gasteiger charge is -2.14. The number of nitrogen functional groups attached to an aromatic ring is 1. The lowest BCUT2D eigenvalue weighted by atomic mass is 10.1. The number of hydrogen-bond acceptors (Lipinski definition) is 12. The van der Waals surface area contributed by atoms with Crippen LogP contribution in [-0.2, 0) is 0 Å². The Morgan fingerprint density at radius 1 is 1.00 bits per heavy atom. The highest BCUT2D eigenvalue weighted by atomic mass is 32.1. The molecule has 0 fully saturated rings. The molecule has 0 bridgehead atoms. The first-order valence-electron chi connectivity index (χ1n) is 11.9. The summed E-state index contributed by atoms with van der Waals surface area (Å²) >= 11 is 1.24. The summed E-state index contributed by atoms with van der Waals surface area (Å²) in [5.74, 6) is 1.89. The van der Waals surface area contributed by atoms with E-state index in [1.54, 1.807) is 44.6 Å². The molecule has 3 aromatic heterocycles. The summed E-state index contributed by atoms with van der Waals surface area (Å²) in [7, 11) is 4.62. The van der Waals surface area contributed by atoms with Crippen LogP contribution in [0.15, 0.2) is 40.9 Å². The van der Waals surface area contributed by atoms with Crippen molar-refractivity contribution in [2.45, 2.75) is 13.8 Å². The number of amides is 1. The van der Waals surface area contributed by atoms with E-state index in [9.17, 15) is 4.79 Å². The molecule has 5 N–H and O–H groups in total. The Morgan fingerprint density at radius 2 is 1.75 bits per heavy atom. The number of carbonyl (C=O) groups is 1. The number of nitrogens with zero attached hydrogens (tertiary/aromatic N) is 4. The molecule has 0 aliphatic heterocycles. The van der Waals surface area contributed by atoms with E-state index >= 15 is 0 Å². The second kappa shape index (κ2) is 10.9. The van der Waals surface area contributed by atoms with Crippen molar-refractivity contribution >= 4 is 39.6 Å². The van der Waals surface area contributed by atoms with Gasteiger partial charge in [-0.05, 0) is 37.6 Å². The van der Waals surface area contributed by atoms with Gasteiger partial charge in [-0.2, -0.15) is 10.1 Å². The Hall–Kier alpha value is -5.11. The molecule has 0 spiro atoms. The molecule has 0 aliphatic carbocycles. The van der Waals surface area contributed by atoms with Crippen LogP contribution in [0.3, 0.4) is 0 Å². The summed E-state index contributed by atoms with van der Waals surface area (Å²) < 4.78 is 21.8. The van der Waals surface area contributed by atoms with E-state index in [-0.39, 0.29) is 23.3 Å². The summed E-state index contributed by atoms with van der Waals surface area (Å²) in [4.78, 5) is 22.0. The molecule has 5 rings (SSSR count). The molecule has 0 atom stereocenters. The second-order valence-corrected chi connectivity index (χ2v) is 9.61. The Morgan fingerprint density at radius 3 is 2.40 bits per heavy atom. The molecule has 206 valence electrons. The molecule has 5 aromatic rings. The molecular weight excluding hydrogens is 536 g/mol. The summed E-state index contributed by atoms with van der Waals surface area (Å²) in [6.45, 7) is 3.73. The van der Waals surface area contributed by atoms with Gasteiger partial charge in [0.2, 0.25) is 11.6 Å². The SMILES string of the molecule is COc1cc(Nc2nc(N)c(-c3nc(-c4cc(NC(=O)c5cc(C)[nH]n5)ccc4C)no3)s2)cc(OC)c1OC. The summed E-state index contributed by atoms with van der Waals surface area (Å²) in [6.07, 6.45) is 0. The fourth-order valence-corrected chi connectivity index (χ4v) is 4.74. The van der Waals surface area contributed by atoms with Crippen molar-refractivity contribution in [2.75, 3.05) is 37.7 Å². The van der Waals surface area contributed by atoms with E-state index in [2.05, 4.69) is 36.0 Å². The van der Waals surface area contributed by atoms with Crippen LogP contribution >= 0.6 is 11.3 Å². The Labute approximate surface area is 232 Å². The van der Waals surface area contributed by atoms with Gasteiger partial charge in [-0.3, -0.25) is 9.89 Å². The molecule has 0 saturated heterocycles. The van der Waals surface area contributed by atoms with Crippen molar-refractivity contribution in [2.24, 2.45) is 0 Å². The van der Waals surface area contributed by atoms with Crippen molar-refractivity contribution < 1.29 is 23.5 Å². The molecular formula is C26H26N8O5S. The van der Waals surface area contributed by atoms with Crippen LogP contribution in [0.5, 0.6) is 17.2 Å². The van der Waals surface area contributed by atoms with E-state index in [0.717, 1.165) is 11.3 Å². The van der Waals surface area contributed by atoms with E-state index < -0.39 is 0 Å². The Bertz CT molecular complexity index is 1670. The fourth-order valence-electron chi connectivity index (χ4n) is 3.91. The average molecular weight is 563 g/mol. The molecule has 0 unspecified atom stereocenters. The molecule has 2 aromatic carbocycles.